The third kappa shape index (κ3) is 14.9. The molecule has 0 spiro atoms. The van der Waals surface area contributed by atoms with Gasteiger partial charge in [0.15, 0.2) is 22.7 Å². The van der Waals surface area contributed by atoms with Crippen LogP contribution in [0.25, 0.3) is 21.3 Å². The van der Waals surface area contributed by atoms with Crippen molar-refractivity contribution in [3.63, 3.8) is 0 Å². The highest BCUT2D eigenvalue weighted by molar-refractivity contribution is 7.22. The number of aryl methyl sites for hydroxylation is 2. The van der Waals surface area contributed by atoms with E-state index < -0.39 is 108 Å². The molecule has 13 rings (SSSR count). The number of benzene rings is 2. The number of thiazole rings is 1. The number of aromatic nitrogens is 6. The number of hydrogen-bond acceptors (Lipinski definition) is 20. The minimum atomic E-state index is -1.89. The summed E-state index contributed by atoms with van der Waals surface area (Å²) in [4.78, 5) is 131. The largest absolute Gasteiger partial charge is 0.479 e. The van der Waals surface area contributed by atoms with Crippen LogP contribution in [0.15, 0.2) is 79.3 Å². The molecule has 10 atom stereocenters. The summed E-state index contributed by atoms with van der Waals surface area (Å²) in [7, 11) is 0. The van der Waals surface area contributed by atoms with Gasteiger partial charge in [0, 0.05) is 73.1 Å². The number of aliphatic carboxylic acids is 1. The molecule has 5 fully saturated rings. The number of imide groups is 1. The van der Waals surface area contributed by atoms with Gasteiger partial charge < -0.3 is 54.9 Å². The summed E-state index contributed by atoms with van der Waals surface area (Å²) in [5.41, 5.74) is 5.12. The van der Waals surface area contributed by atoms with Gasteiger partial charge in [-0.15, -0.1) is 0 Å². The number of aliphatic hydroxyl groups excluding tert-OH is 3. The predicted octanol–water partition coefficient (Wildman–Crippen LogP) is 5.95. The number of fused-ring (bicyclic) bond motifs is 2. The van der Waals surface area contributed by atoms with E-state index in [2.05, 4.69) is 39.8 Å². The Balaban J connectivity index is 0.671. The molecule has 28 heteroatoms. The number of pyridine rings is 1. The summed E-state index contributed by atoms with van der Waals surface area (Å²) in [5.74, 6) is -7.37. The van der Waals surface area contributed by atoms with Crippen molar-refractivity contribution in [2.75, 3.05) is 18.5 Å². The Hall–Kier alpha value is -8.93. The van der Waals surface area contributed by atoms with Crippen LogP contribution in [0.5, 0.6) is 0 Å². The van der Waals surface area contributed by atoms with E-state index in [4.69, 9.17) is 24.3 Å². The molecular formula is C72H84N10O17S. The number of rotatable bonds is 27. The number of Topliss-reactive ketones (excluding diaryl/α,β-unsaturated/α-hetero) is 1. The van der Waals surface area contributed by atoms with Crippen LogP contribution in [0, 0.1) is 29.1 Å². The fourth-order valence-corrected chi connectivity index (χ4v) is 18.1. The molecule has 7 heterocycles. The van der Waals surface area contributed by atoms with E-state index in [1.807, 2.05) is 52.6 Å². The van der Waals surface area contributed by atoms with Crippen molar-refractivity contribution in [3.8, 4) is 11.1 Å². The van der Waals surface area contributed by atoms with E-state index in [0.717, 1.165) is 77.2 Å². The van der Waals surface area contributed by atoms with E-state index in [9.17, 15) is 68.7 Å². The molecule has 1 saturated heterocycles. The molecule has 530 valence electrons. The molecule has 5 amide bonds. The standard InChI is InChI=1S/C72H84N10O17S/c1-38(2)57(78-53(84)28-81-54(85)19-20-55(81)86)64(91)75-39(3)50(83)25-41-13-14-44(42(24-41)15-18-51-60(88)61(89)62(90)63(99-51)67(95)96)29-97-56(87)12-9-23-98-72-33-69(5)30-70(6,34-72)32-71(31-69,35-72)36-82-40(4)46(27-74-82)45-16-17-47(76-58(45)66(93)94)43-21-22-80-37-73-59(49(80)26-43)65(92)79-68-77-48-10-7-8-11-52(48)100-68/h7-8,10-11,13-14,16-17,19-20,24,27,37-39,43,51,57,60-63,88-90H,9,12,15,18,21-23,25-26,28-36H2,1-6H3,(H,75,91)(H,78,84)(H,93,94)(H,95,96)(H,77,79,92)/t39-,43?,51-,57-,60-,61+,62-,63-,69?,70?,71?,72?/m0/s1. The van der Waals surface area contributed by atoms with Crippen LogP contribution in [0.1, 0.15) is 159 Å². The van der Waals surface area contributed by atoms with Crippen molar-refractivity contribution in [3.05, 3.63) is 124 Å². The molecule has 3 aliphatic heterocycles. The molecule has 4 aliphatic carbocycles. The highest BCUT2D eigenvalue weighted by Crippen LogP contribution is 2.72. The Morgan fingerprint density at radius 3 is 2.28 bits per heavy atom. The number of aliphatic hydroxyl groups is 3. The van der Waals surface area contributed by atoms with Gasteiger partial charge in [0.1, 0.15) is 43.2 Å². The van der Waals surface area contributed by atoms with Gasteiger partial charge in [-0.25, -0.2) is 24.5 Å². The first kappa shape index (κ1) is 70.9. The lowest BCUT2D eigenvalue weighted by atomic mass is 9.39. The molecule has 27 nitrogen and oxygen atoms in total. The SMILES string of the molecule is Cc1c(-c2ccc(C3CCn4cnc(C(=O)Nc5nc6ccccc6s5)c4C3)nc2C(=O)O)cnn1CC12CC3(C)CC(C)(C1)CC(OCCCC(=O)OCc1ccc(CC(=O)[C@H](C)NC(=O)[C@@H](NC(=O)CN4C(=O)C=CC4=O)C(C)C)cc1CC[C@@H]1O[C@H](C(=O)O)[C@@H](O)[C@H](O)[C@H]1O)(C3)C2. The highest BCUT2D eigenvalue weighted by atomic mass is 32.1. The number of anilines is 1. The summed E-state index contributed by atoms with van der Waals surface area (Å²) >= 11 is 1.38. The molecule has 8 N–H and O–H groups in total. The van der Waals surface area contributed by atoms with Gasteiger partial charge in [-0.1, -0.05) is 69.4 Å². The number of carboxylic acid groups (broad SMARTS) is 2. The molecule has 4 bridgehead atoms. The Morgan fingerprint density at radius 2 is 1.57 bits per heavy atom. The van der Waals surface area contributed by atoms with Crippen LogP contribution in [0.4, 0.5) is 5.13 Å². The monoisotopic (exact) mass is 1390 g/mol. The second kappa shape index (κ2) is 28.2. The van der Waals surface area contributed by atoms with Crippen molar-refractivity contribution in [2.45, 2.75) is 199 Å². The van der Waals surface area contributed by atoms with Crippen LogP contribution in [0.3, 0.4) is 0 Å². The quantitative estimate of drug-likeness (QED) is 0.0168. The summed E-state index contributed by atoms with van der Waals surface area (Å²) < 4.78 is 23.3. The fourth-order valence-electron chi connectivity index (χ4n) is 17.2. The lowest BCUT2D eigenvalue weighted by Gasteiger charge is -2.69. The van der Waals surface area contributed by atoms with Crippen molar-refractivity contribution in [1.29, 1.82) is 0 Å². The van der Waals surface area contributed by atoms with Gasteiger partial charge in [0.25, 0.3) is 17.7 Å². The average molecular weight is 1390 g/mol. The number of amides is 5. The molecular weight excluding hydrogens is 1310 g/mol. The van der Waals surface area contributed by atoms with E-state index in [1.54, 1.807) is 44.6 Å². The Kier molecular flexibility index (Phi) is 20.0. The lowest BCUT2D eigenvalue weighted by Crippen LogP contribution is -2.64. The van der Waals surface area contributed by atoms with E-state index in [0.29, 0.717) is 76.7 Å². The number of nitrogens with one attached hydrogen (secondary N) is 3. The maximum atomic E-state index is 13.8. The maximum Gasteiger partial charge on any atom is 0.355 e. The number of esters is 1. The molecule has 2 aromatic carbocycles. The molecule has 6 aromatic rings. The molecule has 4 saturated carbocycles. The summed E-state index contributed by atoms with van der Waals surface area (Å²) in [6.07, 6.45) is 3.78. The zero-order chi connectivity index (χ0) is 71.3. The number of nitrogens with zero attached hydrogens (tertiary/aromatic N) is 7. The minimum absolute atomic E-state index is 0.0265. The number of ether oxygens (including phenoxy) is 3. The molecule has 3 unspecified atom stereocenters. The zero-order valence-electron chi connectivity index (χ0n) is 56.6. The van der Waals surface area contributed by atoms with Gasteiger partial charge in [-0.05, 0) is 148 Å². The third-order valence-corrected chi connectivity index (χ3v) is 21.8. The average Bonchev–Trinajstić information content (AvgIpc) is 1.43. The van der Waals surface area contributed by atoms with Crippen LogP contribution >= 0.6 is 11.3 Å². The Labute approximate surface area is 580 Å². The number of imidazole rings is 1. The summed E-state index contributed by atoms with van der Waals surface area (Å²) in [6, 6.07) is 14.2. The van der Waals surface area contributed by atoms with Crippen molar-refractivity contribution < 1.29 is 82.9 Å². The minimum Gasteiger partial charge on any atom is -0.479 e. The van der Waals surface area contributed by atoms with Gasteiger partial charge in [-0.3, -0.25) is 48.5 Å². The first-order chi connectivity index (χ1) is 47.5. The number of hydrogen-bond donors (Lipinski definition) is 8. The van der Waals surface area contributed by atoms with E-state index in [-0.39, 0.29) is 72.7 Å². The fraction of sp³-hybridized carbons (Fsp3) is 0.514. The van der Waals surface area contributed by atoms with Crippen LogP contribution in [-0.2, 0) is 86.7 Å². The molecule has 0 radical (unpaired) electrons. The van der Waals surface area contributed by atoms with Gasteiger partial charge in [-0.2, -0.15) is 5.10 Å². The normalized spacial score (nSPS) is 26.6. The zero-order valence-corrected chi connectivity index (χ0v) is 57.4. The predicted molar refractivity (Wildman–Crippen MR) is 360 cm³/mol. The third-order valence-electron chi connectivity index (χ3n) is 20.8. The number of para-hydroxylation sites is 1. The van der Waals surface area contributed by atoms with Gasteiger partial charge in [0.2, 0.25) is 11.8 Å². The van der Waals surface area contributed by atoms with E-state index in [1.165, 1.54) is 18.3 Å². The van der Waals surface area contributed by atoms with Crippen LogP contribution < -0.4 is 16.0 Å². The Morgan fingerprint density at radius 1 is 0.830 bits per heavy atom. The first-order valence-electron chi connectivity index (χ1n) is 34.0. The molecule has 7 aliphatic rings. The van der Waals surface area contributed by atoms with Crippen molar-refractivity contribution >= 4 is 79.9 Å². The van der Waals surface area contributed by atoms with Crippen molar-refractivity contribution in [1.82, 2.24) is 44.8 Å². The Bertz CT molecular complexity index is 4200. The van der Waals surface area contributed by atoms with Crippen LogP contribution in [-0.4, -0.2) is 174 Å². The number of carbonyl (C=O) groups excluding carboxylic acids is 7. The highest BCUT2D eigenvalue weighted by Gasteiger charge is 2.66. The van der Waals surface area contributed by atoms with Crippen LogP contribution in [0.2, 0.25) is 0 Å². The maximum absolute atomic E-state index is 13.8. The number of carboxylic acids is 2. The second-order valence-corrected chi connectivity index (χ2v) is 30.4. The smallest absolute Gasteiger partial charge is 0.355 e. The number of ketones is 1. The van der Waals surface area contributed by atoms with Gasteiger partial charge in [0.05, 0.1) is 46.2 Å². The second-order valence-electron chi connectivity index (χ2n) is 29.4. The van der Waals surface area contributed by atoms with Crippen molar-refractivity contribution in [2.24, 2.45) is 22.2 Å². The molecule has 4 aromatic heterocycles. The topological polar surface area (TPSA) is 383 Å². The summed E-state index contributed by atoms with van der Waals surface area (Å²) in [6.45, 7) is 12.1. The first-order valence-corrected chi connectivity index (χ1v) is 34.8. The number of aromatic carboxylic acids is 1. The lowest BCUT2D eigenvalue weighted by molar-refractivity contribution is -0.248. The molecule has 100 heavy (non-hydrogen) atoms. The van der Waals surface area contributed by atoms with E-state index >= 15 is 0 Å². The number of carbonyl (C=O) groups is 9. The summed E-state index contributed by atoms with van der Waals surface area (Å²) in [5, 5.41) is 65.8. The van der Waals surface area contributed by atoms with Gasteiger partial charge >= 0.3 is 17.9 Å².